The van der Waals surface area contributed by atoms with Gasteiger partial charge in [0.1, 0.15) is 23.7 Å². The van der Waals surface area contributed by atoms with E-state index in [0.717, 1.165) is 65.3 Å². The normalized spacial score (nSPS) is 20.4. The summed E-state index contributed by atoms with van der Waals surface area (Å²) >= 11 is 0. The van der Waals surface area contributed by atoms with E-state index in [2.05, 4.69) is 69.5 Å². The molecule has 0 spiro atoms. The van der Waals surface area contributed by atoms with Gasteiger partial charge in [-0.15, -0.1) is 0 Å². The number of likely N-dealkylation sites (tertiary alicyclic amines) is 2. The number of carbonyl (C=O) groups excluding carboxylic acids is 4. The van der Waals surface area contributed by atoms with E-state index in [1.54, 1.807) is 0 Å². The van der Waals surface area contributed by atoms with Crippen LogP contribution in [0.2, 0.25) is 0 Å². The SMILES string of the molecule is COC(=O)N[C@@H](CC(C)C)C(=O)N1CCC[C@H]1C1=NCC(c2ccc(-c3ccc(-c4cnc([C@@H]5CCCN5C(=O)[C@H](CC(C)C)NC(=O)OC)[nH]4)cc3)cc2)N1. The average Bonchev–Trinajstić information content (AvgIpc) is 4.03. The summed E-state index contributed by atoms with van der Waals surface area (Å²) in [6.45, 7) is 9.91. The standard InChI is InChI=1S/C42H56N8O6/c1-25(2)21-31(47-41(53)55-5)39(51)49-19-7-9-35(49)37-43-23-33(45-37)29-15-11-27(12-16-29)28-13-17-30(18-14-28)34-24-44-38(46-34)36-10-8-20-50(36)40(52)32(22-26(3)4)48-42(54)56-6/h11-18,23,25-26,31-32,34-36H,7-10,19-22,24H2,1-6H3,(H,43,45)(H,44,46)(H,47,53)(H,48,54)/t31-,32-,34?,35-,36-/m0/s1. The number of benzene rings is 2. The first-order valence-electron chi connectivity index (χ1n) is 19.8. The van der Waals surface area contributed by atoms with Crippen molar-refractivity contribution in [2.24, 2.45) is 16.8 Å². The van der Waals surface area contributed by atoms with E-state index in [4.69, 9.17) is 19.5 Å². The van der Waals surface area contributed by atoms with E-state index in [1.165, 1.54) is 14.2 Å². The molecule has 4 amide bonds. The number of amidine groups is 1. The number of hydrogen-bond acceptors (Lipinski definition) is 9. The quantitative estimate of drug-likeness (QED) is 0.165. The van der Waals surface area contributed by atoms with E-state index in [9.17, 15) is 19.2 Å². The average molecular weight is 769 g/mol. The number of carbonyl (C=O) groups is 4. The van der Waals surface area contributed by atoms with Crippen LogP contribution in [0.1, 0.15) is 89.7 Å². The van der Waals surface area contributed by atoms with Crippen LogP contribution in [0.5, 0.6) is 0 Å². The van der Waals surface area contributed by atoms with Crippen LogP contribution >= 0.6 is 0 Å². The predicted octanol–water partition coefficient (Wildman–Crippen LogP) is 5.98. The van der Waals surface area contributed by atoms with Gasteiger partial charge in [-0.25, -0.2) is 14.6 Å². The van der Waals surface area contributed by atoms with E-state index in [0.29, 0.717) is 32.5 Å². The molecule has 2 aromatic carbocycles. The molecule has 0 aliphatic carbocycles. The van der Waals surface area contributed by atoms with Crippen molar-refractivity contribution >= 4 is 29.8 Å². The summed E-state index contributed by atoms with van der Waals surface area (Å²) in [4.78, 5) is 68.0. The fourth-order valence-corrected chi connectivity index (χ4v) is 8.07. The summed E-state index contributed by atoms with van der Waals surface area (Å²) in [6, 6.07) is 15.1. The third kappa shape index (κ3) is 9.34. The van der Waals surface area contributed by atoms with Gasteiger partial charge in [0.25, 0.3) is 0 Å². The summed E-state index contributed by atoms with van der Waals surface area (Å²) in [6.07, 6.45) is 4.98. The summed E-state index contributed by atoms with van der Waals surface area (Å²) in [5.41, 5.74) is 5.14. The van der Waals surface area contributed by atoms with E-state index in [-0.39, 0.29) is 41.8 Å². The zero-order valence-corrected chi connectivity index (χ0v) is 33.3. The number of rotatable bonds is 13. The minimum Gasteiger partial charge on any atom is -0.453 e. The number of H-pyrrole nitrogens is 1. The van der Waals surface area contributed by atoms with Gasteiger partial charge in [-0.2, -0.15) is 0 Å². The molecule has 4 heterocycles. The number of imidazole rings is 1. The summed E-state index contributed by atoms with van der Waals surface area (Å²) < 4.78 is 9.58. The lowest BCUT2D eigenvalue weighted by molar-refractivity contribution is -0.135. The van der Waals surface area contributed by atoms with E-state index < -0.39 is 24.3 Å². The number of ether oxygens (including phenoxy) is 2. The van der Waals surface area contributed by atoms with Crippen molar-refractivity contribution in [2.45, 2.75) is 96.4 Å². The van der Waals surface area contributed by atoms with E-state index in [1.807, 2.05) is 43.7 Å². The van der Waals surface area contributed by atoms with Crippen molar-refractivity contribution in [3.8, 4) is 22.4 Å². The second kappa shape index (κ2) is 18.0. The molecule has 0 saturated carbocycles. The monoisotopic (exact) mass is 768 g/mol. The molecule has 5 atom stereocenters. The van der Waals surface area contributed by atoms with Gasteiger partial charge in [0.2, 0.25) is 11.8 Å². The highest BCUT2D eigenvalue weighted by Gasteiger charge is 2.39. The van der Waals surface area contributed by atoms with Crippen LogP contribution < -0.4 is 16.0 Å². The molecule has 3 aliphatic rings. The Balaban J connectivity index is 1.06. The molecule has 2 saturated heterocycles. The number of aromatic nitrogens is 2. The Morgan fingerprint density at radius 2 is 1.25 bits per heavy atom. The van der Waals surface area contributed by atoms with Crippen LogP contribution in [0.4, 0.5) is 9.59 Å². The van der Waals surface area contributed by atoms with Crippen LogP contribution in [0, 0.1) is 11.8 Å². The first kappa shape index (κ1) is 40.3. The van der Waals surface area contributed by atoms with Crippen molar-refractivity contribution in [3.63, 3.8) is 0 Å². The predicted molar refractivity (Wildman–Crippen MR) is 214 cm³/mol. The maximum Gasteiger partial charge on any atom is 0.407 e. The lowest BCUT2D eigenvalue weighted by atomic mass is 9.99. The van der Waals surface area contributed by atoms with Crippen molar-refractivity contribution in [3.05, 3.63) is 66.1 Å². The second-order valence-corrected chi connectivity index (χ2v) is 15.8. The van der Waals surface area contributed by atoms with Gasteiger partial charge in [-0.05, 0) is 72.6 Å². The van der Waals surface area contributed by atoms with Crippen molar-refractivity contribution in [1.82, 2.24) is 35.7 Å². The molecule has 300 valence electrons. The lowest BCUT2D eigenvalue weighted by Crippen LogP contribution is -2.53. The number of aliphatic imine (C=N–C) groups is 1. The highest BCUT2D eigenvalue weighted by Crippen LogP contribution is 2.34. The van der Waals surface area contributed by atoms with Gasteiger partial charge >= 0.3 is 12.2 Å². The number of aromatic amines is 1. The number of hydrogen-bond donors (Lipinski definition) is 4. The Morgan fingerprint density at radius 1 is 0.750 bits per heavy atom. The maximum absolute atomic E-state index is 13.6. The Kier molecular flexibility index (Phi) is 13.0. The highest BCUT2D eigenvalue weighted by molar-refractivity contribution is 5.95. The number of nitrogens with zero attached hydrogens (tertiary/aromatic N) is 4. The Bertz CT molecular complexity index is 1870. The first-order valence-corrected chi connectivity index (χ1v) is 19.8. The molecule has 4 N–H and O–H groups in total. The van der Waals surface area contributed by atoms with Gasteiger partial charge in [0, 0.05) is 13.1 Å². The fourth-order valence-electron chi connectivity index (χ4n) is 8.07. The minimum absolute atomic E-state index is 0.00416. The molecule has 3 aliphatic heterocycles. The number of methoxy groups -OCH3 is 2. The summed E-state index contributed by atoms with van der Waals surface area (Å²) in [7, 11) is 2.60. The molecule has 14 heteroatoms. The van der Waals surface area contributed by atoms with Crippen LogP contribution in [0.25, 0.3) is 22.4 Å². The third-order valence-corrected chi connectivity index (χ3v) is 10.9. The first-order chi connectivity index (χ1) is 26.9. The van der Waals surface area contributed by atoms with Gasteiger partial charge in [0.15, 0.2) is 0 Å². The molecule has 0 radical (unpaired) electrons. The van der Waals surface area contributed by atoms with Gasteiger partial charge < -0.3 is 40.2 Å². The highest BCUT2D eigenvalue weighted by atomic mass is 16.5. The maximum atomic E-state index is 13.6. The molecule has 1 unspecified atom stereocenters. The zero-order chi connectivity index (χ0) is 39.9. The lowest BCUT2D eigenvalue weighted by Gasteiger charge is -2.30. The smallest absolute Gasteiger partial charge is 0.407 e. The minimum atomic E-state index is -0.661. The largest absolute Gasteiger partial charge is 0.453 e. The summed E-state index contributed by atoms with van der Waals surface area (Å²) in [5.74, 6) is 1.77. The topological polar surface area (TPSA) is 170 Å². The Hall–Kier alpha value is -5.40. The number of alkyl carbamates (subject to hydrolysis) is 2. The molecule has 56 heavy (non-hydrogen) atoms. The van der Waals surface area contributed by atoms with Crippen LogP contribution in [-0.2, 0) is 19.1 Å². The van der Waals surface area contributed by atoms with Crippen molar-refractivity contribution < 1.29 is 28.7 Å². The fraction of sp³-hybridized carbons (Fsp3) is 0.524. The van der Waals surface area contributed by atoms with Crippen LogP contribution in [0.3, 0.4) is 0 Å². The second-order valence-electron chi connectivity index (χ2n) is 15.8. The Labute approximate surface area is 329 Å². The van der Waals surface area contributed by atoms with Gasteiger partial charge in [-0.3, -0.25) is 14.6 Å². The van der Waals surface area contributed by atoms with Gasteiger partial charge in [-0.1, -0.05) is 76.2 Å². The number of amides is 4. The van der Waals surface area contributed by atoms with Gasteiger partial charge in [0.05, 0.1) is 50.8 Å². The van der Waals surface area contributed by atoms with E-state index >= 15 is 0 Å². The molecule has 3 aromatic rings. The third-order valence-electron chi connectivity index (χ3n) is 10.9. The molecule has 1 aromatic heterocycles. The molecule has 6 rings (SSSR count). The van der Waals surface area contributed by atoms with Crippen molar-refractivity contribution in [2.75, 3.05) is 33.9 Å². The number of nitrogens with one attached hydrogen (secondary N) is 4. The molecular formula is C42H56N8O6. The van der Waals surface area contributed by atoms with Crippen molar-refractivity contribution in [1.29, 1.82) is 0 Å². The molecular weight excluding hydrogens is 713 g/mol. The Morgan fingerprint density at radius 3 is 1.79 bits per heavy atom. The molecule has 0 bridgehead atoms. The molecule has 14 nitrogen and oxygen atoms in total. The van der Waals surface area contributed by atoms with Crippen LogP contribution in [0.15, 0.2) is 59.7 Å². The zero-order valence-electron chi connectivity index (χ0n) is 33.3. The summed E-state index contributed by atoms with van der Waals surface area (Å²) in [5, 5.41) is 9.06. The molecule has 2 fully saturated rings. The van der Waals surface area contributed by atoms with Crippen LogP contribution in [-0.4, -0.2) is 102 Å².